The van der Waals surface area contributed by atoms with E-state index in [9.17, 15) is 9.90 Å². The van der Waals surface area contributed by atoms with Crippen molar-refractivity contribution < 1.29 is 14.6 Å². The maximum atomic E-state index is 12.6. The van der Waals surface area contributed by atoms with E-state index in [0.717, 1.165) is 12.0 Å². The first-order valence-corrected chi connectivity index (χ1v) is 9.04. The van der Waals surface area contributed by atoms with Crippen molar-refractivity contribution in [3.05, 3.63) is 52.2 Å². The van der Waals surface area contributed by atoms with Crippen LogP contribution in [0.4, 0.5) is 4.79 Å². The first-order chi connectivity index (χ1) is 11.7. The van der Waals surface area contributed by atoms with Gasteiger partial charge in [-0.1, -0.05) is 25.1 Å². The Morgan fingerprint density at radius 2 is 2.33 bits per heavy atom. The Hall–Kier alpha value is -2.05. The van der Waals surface area contributed by atoms with Crippen LogP contribution >= 0.6 is 11.3 Å². The van der Waals surface area contributed by atoms with Crippen molar-refractivity contribution in [1.29, 1.82) is 0 Å². The maximum Gasteiger partial charge on any atom is 0.318 e. The molecule has 0 radical (unpaired) electrons. The summed E-state index contributed by atoms with van der Waals surface area (Å²) >= 11 is 1.66. The van der Waals surface area contributed by atoms with Gasteiger partial charge in [-0.15, -0.1) is 11.3 Å². The van der Waals surface area contributed by atoms with Crippen LogP contribution in [0.25, 0.3) is 0 Å². The molecule has 1 aromatic heterocycles. The Morgan fingerprint density at radius 3 is 3.04 bits per heavy atom. The minimum atomic E-state index is -0.210. The number of nitrogens with zero attached hydrogens (tertiary/aromatic N) is 1. The van der Waals surface area contributed by atoms with E-state index in [1.54, 1.807) is 34.4 Å². The van der Waals surface area contributed by atoms with Gasteiger partial charge in [0.2, 0.25) is 0 Å². The molecule has 128 valence electrons. The van der Waals surface area contributed by atoms with Gasteiger partial charge in [-0.3, -0.25) is 0 Å². The predicted molar refractivity (Wildman–Crippen MR) is 94.3 cm³/mol. The number of urea groups is 1. The SMILES string of the molecule is CC[C@H](NC(=O)N1CCO[C@@H](c2cccc(O)c2)C1)c1cccs1. The van der Waals surface area contributed by atoms with Crippen LogP contribution in [0.15, 0.2) is 41.8 Å². The molecule has 0 spiro atoms. The van der Waals surface area contributed by atoms with E-state index in [1.807, 2.05) is 23.6 Å². The lowest BCUT2D eigenvalue weighted by atomic mass is 10.1. The smallest absolute Gasteiger partial charge is 0.318 e. The number of hydrogen-bond donors (Lipinski definition) is 2. The van der Waals surface area contributed by atoms with Crippen molar-refractivity contribution in [2.45, 2.75) is 25.5 Å². The Kier molecular flexibility index (Phi) is 5.37. The highest BCUT2D eigenvalue weighted by Crippen LogP contribution is 2.26. The van der Waals surface area contributed by atoms with Crippen LogP contribution in [0.1, 0.15) is 35.9 Å². The van der Waals surface area contributed by atoms with E-state index in [-0.39, 0.29) is 23.9 Å². The molecule has 1 aliphatic rings. The molecule has 2 N–H and O–H groups in total. The minimum absolute atomic E-state index is 0.0413. The van der Waals surface area contributed by atoms with E-state index in [4.69, 9.17) is 4.74 Å². The van der Waals surface area contributed by atoms with Gasteiger partial charge in [0.15, 0.2) is 0 Å². The highest BCUT2D eigenvalue weighted by Gasteiger charge is 2.27. The number of thiophene rings is 1. The van der Waals surface area contributed by atoms with Gasteiger partial charge >= 0.3 is 6.03 Å². The average molecular weight is 346 g/mol. The van der Waals surface area contributed by atoms with Crippen molar-refractivity contribution in [3.8, 4) is 5.75 Å². The molecule has 6 heteroatoms. The van der Waals surface area contributed by atoms with Gasteiger partial charge in [0.25, 0.3) is 0 Å². The highest BCUT2D eigenvalue weighted by atomic mass is 32.1. The summed E-state index contributed by atoms with van der Waals surface area (Å²) in [5, 5.41) is 14.8. The van der Waals surface area contributed by atoms with E-state index in [2.05, 4.69) is 12.2 Å². The standard InChI is InChI=1S/C18H22N2O3S/c1-2-15(17-7-4-10-24-17)19-18(22)20-8-9-23-16(12-20)13-5-3-6-14(21)11-13/h3-7,10-11,15-16,21H,2,8-9,12H2,1H3,(H,19,22)/t15-,16+/m0/s1. The lowest BCUT2D eigenvalue weighted by Gasteiger charge is -2.34. The lowest BCUT2D eigenvalue weighted by Crippen LogP contribution is -2.47. The molecule has 2 amide bonds. The molecule has 2 atom stereocenters. The highest BCUT2D eigenvalue weighted by molar-refractivity contribution is 7.10. The third kappa shape index (κ3) is 3.88. The number of aromatic hydroxyl groups is 1. The number of ether oxygens (including phenoxy) is 1. The van der Waals surface area contributed by atoms with Gasteiger partial charge in [-0.05, 0) is 35.6 Å². The Morgan fingerprint density at radius 1 is 1.46 bits per heavy atom. The number of phenols is 1. The second-order valence-electron chi connectivity index (χ2n) is 5.83. The average Bonchev–Trinajstić information content (AvgIpc) is 3.14. The van der Waals surface area contributed by atoms with Gasteiger partial charge in [0.1, 0.15) is 11.9 Å². The quantitative estimate of drug-likeness (QED) is 0.887. The van der Waals surface area contributed by atoms with E-state index in [0.29, 0.717) is 19.7 Å². The molecule has 0 unspecified atom stereocenters. The van der Waals surface area contributed by atoms with Gasteiger partial charge in [-0.2, -0.15) is 0 Å². The molecule has 2 heterocycles. The zero-order chi connectivity index (χ0) is 16.9. The number of morpholine rings is 1. The molecular formula is C18H22N2O3S. The van der Waals surface area contributed by atoms with Crippen LogP contribution in [0.3, 0.4) is 0 Å². The molecule has 1 fully saturated rings. The van der Waals surface area contributed by atoms with Crippen LogP contribution in [0.2, 0.25) is 0 Å². The normalized spacial score (nSPS) is 19.0. The maximum absolute atomic E-state index is 12.6. The number of phenolic OH excluding ortho intramolecular Hbond substituents is 1. The second kappa shape index (κ2) is 7.68. The fourth-order valence-corrected chi connectivity index (χ4v) is 3.73. The number of benzene rings is 1. The largest absolute Gasteiger partial charge is 0.508 e. The Labute approximate surface area is 145 Å². The summed E-state index contributed by atoms with van der Waals surface area (Å²) in [4.78, 5) is 15.6. The molecule has 24 heavy (non-hydrogen) atoms. The van der Waals surface area contributed by atoms with Crippen LogP contribution in [0, 0.1) is 0 Å². The molecule has 1 aromatic carbocycles. The number of amides is 2. The van der Waals surface area contributed by atoms with Crippen LogP contribution in [-0.2, 0) is 4.74 Å². The van der Waals surface area contributed by atoms with Crippen molar-refractivity contribution >= 4 is 17.4 Å². The van der Waals surface area contributed by atoms with Gasteiger partial charge < -0.3 is 20.1 Å². The fraction of sp³-hybridized carbons (Fsp3) is 0.389. The lowest BCUT2D eigenvalue weighted by molar-refractivity contribution is -0.0158. The van der Waals surface area contributed by atoms with Crippen molar-refractivity contribution in [2.75, 3.05) is 19.7 Å². The minimum Gasteiger partial charge on any atom is -0.508 e. The van der Waals surface area contributed by atoms with Crippen molar-refractivity contribution in [1.82, 2.24) is 10.2 Å². The molecule has 2 aromatic rings. The topological polar surface area (TPSA) is 61.8 Å². The summed E-state index contributed by atoms with van der Waals surface area (Å²) in [6, 6.07) is 11.0. The molecule has 0 saturated carbocycles. The summed E-state index contributed by atoms with van der Waals surface area (Å²) in [6.45, 7) is 3.61. The third-order valence-corrected chi connectivity index (χ3v) is 5.17. The van der Waals surface area contributed by atoms with Crippen LogP contribution in [-0.4, -0.2) is 35.7 Å². The van der Waals surface area contributed by atoms with Crippen molar-refractivity contribution in [2.24, 2.45) is 0 Å². The fourth-order valence-electron chi connectivity index (χ4n) is 2.86. The van der Waals surface area contributed by atoms with Crippen LogP contribution < -0.4 is 5.32 Å². The molecule has 0 bridgehead atoms. The van der Waals surface area contributed by atoms with Gasteiger partial charge in [0, 0.05) is 11.4 Å². The summed E-state index contributed by atoms with van der Waals surface area (Å²) in [7, 11) is 0. The number of hydrogen-bond acceptors (Lipinski definition) is 4. The number of carbonyl (C=O) groups is 1. The predicted octanol–water partition coefficient (Wildman–Crippen LogP) is 3.69. The summed E-state index contributed by atoms with van der Waals surface area (Å²) < 4.78 is 5.77. The van der Waals surface area contributed by atoms with Gasteiger partial charge in [0.05, 0.1) is 19.2 Å². The second-order valence-corrected chi connectivity index (χ2v) is 6.81. The Bertz CT molecular complexity index is 675. The first-order valence-electron chi connectivity index (χ1n) is 8.16. The molecule has 3 rings (SSSR count). The summed E-state index contributed by atoms with van der Waals surface area (Å²) in [5.41, 5.74) is 0.887. The number of nitrogens with one attached hydrogen (secondary N) is 1. The van der Waals surface area contributed by atoms with E-state index < -0.39 is 0 Å². The Balaban J connectivity index is 1.64. The van der Waals surface area contributed by atoms with E-state index >= 15 is 0 Å². The molecule has 5 nitrogen and oxygen atoms in total. The summed E-state index contributed by atoms with van der Waals surface area (Å²) in [5.74, 6) is 0.210. The first kappa shape index (κ1) is 16.8. The zero-order valence-electron chi connectivity index (χ0n) is 13.6. The monoisotopic (exact) mass is 346 g/mol. The number of rotatable bonds is 4. The molecule has 0 aliphatic carbocycles. The molecular weight excluding hydrogens is 324 g/mol. The molecule has 1 saturated heterocycles. The van der Waals surface area contributed by atoms with Crippen molar-refractivity contribution in [3.63, 3.8) is 0 Å². The van der Waals surface area contributed by atoms with Crippen LogP contribution in [0.5, 0.6) is 5.75 Å². The summed E-state index contributed by atoms with van der Waals surface area (Å²) in [6.07, 6.45) is 0.644. The zero-order valence-corrected chi connectivity index (χ0v) is 14.5. The third-order valence-electron chi connectivity index (χ3n) is 4.19. The number of carbonyl (C=O) groups excluding carboxylic acids is 1. The van der Waals surface area contributed by atoms with Gasteiger partial charge in [-0.25, -0.2) is 4.79 Å². The molecule has 1 aliphatic heterocycles. The van der Waals surface area contributed by atoms with E-state index in [1.165, 1.54) is 4.88 Å².